The Morgan fingerprint density at radius 3 is 2.86 bits per heavy atom. The van der Waals surface area contributed by atoms with Gasteiger partial charge in [-0.1, -0.05) is 29.8 Å². The number of nitrogens with two attached hydrogens (primary N) is 1. The smallest absolute Gasteiger partial charge is 0.263 e. The van der Waals surface area contributed by atoms with Gasteiger partial charge in [-0.05, 0) is 25.2 Å². The van der Waals surface area contributed by atoms with Gasteiger partial charge in [0.2, 0.25) is 0 Å². The topological polar surface area (TPSA) is 106 Å². The Hall–Kier alpha value is -2.09. The summed E-state index contributed by atoms with van der Waals surface area (Å²) in [5.74, 6) is -0.187. The molecule has 116 valence electrons. The second kappa shape index (κ2) is 5.96. The fraction of sp³-hybridized carbons (Fsp3) is 0.429. The number of nitrogens with zero attached hydrogens (tertiary/aromatic N) is 4. The largest absolute Gasteiger partial charge is 0.409 e. The van der Waals surface area contributed by atoms with Gasteiger partial charge in [0.05, 0.1) is 5.56 Å². The van der Waals surface area contributed by atoms with Gasteiger partial charge in [-0.15, -0.1) is 0 Å². The van der Waals surface area contributed by atoms with Crippen molar-refractivity contribution < 1.29 is 5.21 Å². The molecular formula is C14H17N5O2S. The van der Waals surface area contributed by atoms with E-state index in [9.17, 15) is 4.79 Å². The number of thioether (sulfide) groups is 1. The van der Waals surface area contributed by atoms with E-state index in [2.05, 4.69) is 15.1 Å². The van der Waals surface area contributed by atoms with E-state index in [0.717, 1.165) is 25.7 Å². The summed E-state index contributed by atoms with van der Waals surface area (Å²) in [5.41, 5.74) is 6.19. The number of fused-ring (bicyclic) bond motifs is 1. The first-order valence-corrected chi connectivity index (χ1v) is 8.32. The molecule has 1 aliphatic rings. The molecule has 1 fully saturated rings. The SMILES string of the molecule is CSc1ncc2cc(C(N)=NO)c(=O)n(C3CCCC3)c2n1. The molecule has 3 rings (SSSR count). The Morgan fingerprint density at radius 1 is 1.50 bits per heavy atom. The predicted octanol–water partition coefficient (Wildman–Crippen LogP) is 1.72. The van der Waals surface area contributed by atoms with Crippen LogP contribution in [0.1, 0.15) is 37.3 Å². The third-order valence-corrected chi connectivity index (χ3v) is 4.57. The summed E-state index contributed by atoms with van der Waals surface area (Å²) < 4.78 is 1.69. The third-order valence-electron chi connectivity index (χ3n) is 4.01. The molecule has 3 N–H and O–H groups in total. The van der Waals surface area contributed by atoms with E-state index < -0.39 is 0 Å². The van der Waals surface area contributed by atoms with Crippen LogP contribution in [0.5, 0.6) is 0 Å². The van der Waals surface area contributed by atoms with Gasteiger partial charge in [-0.3, -0.25) is 9.36 Å². The van der Waals surface area contributed by atoms with E-state index in [1.54, 1.807) is 16.8 Å². The van der Waals surface area contributed by atoms with Crippen molar-refractivity contribution in [1.82, 2.24) is 14.5 Å². The fourth-order valence-corrected chi connectivity index (χ4v) is 3.28. The number of aromatic nitrogens is 3. The van der Waals surface area contributed by atoms with Crippen molar-refractivity contribution in [3.63, 3.8) is 0 Å². The normalized spacial score (nSPS) is 16.5. The molecule has 2 aromatic heterocycles. The molecule has 2 heterocycles. The summed E-state index contributed by atoms with van der Waals surface area (Å²) in [6, 6.07) is 1.69. The fourth-order valence-electron chi connectivity index (χ4n) is 2.94. The van der Waals surface area contributed by atoms with Gasteiger partial charge >= 0.3 is 0 Å². The molecule has 22 heavy (non-hydrogen) atoms. The zero-order chi connectivity index (χ0) is 15.7. The van der Waals surface area contributed by atoms with Crippen molar-refractivity contribution >= 4 is 28.6 Å². The Bertz CT molecular complexity index is 796. The van der Waals surface area contributed by atoms with E-state index in [0.29, 0.717) is 16.2 Å². The van der Waals surface area contributed by atoms with Crippen molar-refractivity contribution in [2.24, 2.45) is 10.9 Å². The van der Waals surface area contributed by atoms with Gasteiger partial charge < -0.3 is 10.9 Å². The molecule has 0 unspecified atom stereocenters. The number of oxime groups is 1. The van der Waals surface area contributed by atoms with Crippen LogP contribution in [0.2, 0.25) is 0 Å². The maximum Gasteiger partial charge on any atom is 0.263 e. The summed E-state index contributed by atoms with van der Waals surface area (Å²) in [6.45, 7) is 0. The molecule has 0 spiro atoms. The molecule has 1 saturated carbocycles. The van der Waals surface area contributed by atoms with E-state index >= 15 is 0 Å². The van der Waals surface area contributed by atoms with Gasteiger partial charge in [0.15, 0.2) is 11.0 Å². The lowest BCUT2D eigenvalue weighted by Gasteiger charge is -2.17. The zero-order valence-electron chi connectivity index (χ0n) is 12.2. The standard InChI is InChI=1S/C14H17N5O2S/c1-22-14-16-7-8-6-10(11(15)18-21)13(20)19(12(8)17-14)9-4-2-3-5-9/h6-7,9,21H,2-5H2,1H3,(H2,15,18). The summed E-state index contributed by atoms with van der Waals surface area (Å²) in [4.78, 5) is 21.5. The van der Waals surface area contributed by atoms with E-state index in [-0.39, 0.29) is 23.0 Å². The van der Waals surface area contributed by atoms with Gasteiger partial charge in [0.25, 0.3) is 5.56 Å². The Kier molecular flexibility index (Phi) is 4.02. The van der Waals surface area contributed by atoms with Crippen LogP contribution in [0, 0.1) is 0 Å². The Labute approximate surface area is 131 Å². The molecule has 0 amide bonds. The van der Waals surface area contributed by atoms with Crippen LogP contribution in [-0.2, 0) is 0 Å². The molecule has 0 bridgehead atoms. The maximum absolute atomic E-state index is 12.8. The second-order valence-electron chi connectivity index (χ2n) is 5.29. The molecule has 0 atom stereocenters. The first kappa shape index (κ1) is 14.8. The van der Waals surface area contributed by atoms with Crippen LogP contribution >= 0.6 is 11.8 Å². The number of hydrogen-bond acceptors (Lipinski definition) is 6. The van der Waals surface area contributed by atoms with Crippen molar-refractivity contribution in [2.45, 2.75) is 36.9 Å². The molecule has 7 nitrogen and oxygen atoms in total. The lowest BCUT2D eigenvalue weighted by molar-refractivity contribution is 0.318. The van der Waals surface area contributed by atoms with Gasteiger partial charge in [0, 0.05) is 17.6 Å². The number of amidine groups is 1. The number of rotatable bonds is 3. The van der Waals surface area contributed by atoms with Crippen LogP contribution in [0.4, 0.5) is 0 Å². The summed E-state index contributed by atoms with van der Waals surface area (Å²) in [6.07, 6.45) is 7.62. The number of hydrogen-bond donors (Lipinski definition) is 2. The zero-order valence-corrected chi connectivity index (χ0v) is 13.0. The molecule has 8 heteroatoms. The van der Waals surface area contributed by atoms with Crippen molar-refractivity contribution in [1.29, 1.82) is 0 Å². The van der Waals surface area contributed by atoms with E-state index in [4.69, 9.17) is 10.9 Å². The van der Waals surface area contributed by atoms with Crippen molar-refractivity contribution in [3.8, 4) is 0 Å². The van der Waals surface area contributed by atoms with E-state index in [1.807, 2.05) is 6.26 Å². The first-order chi connectivity index (χ1) is 10.7. The minimum Gasteiger partial charge on any atom is -0.409 e. The minimum absolute atomic E-state index is 0.103. The Balaban J connectivity index is 2.34. The number of pyridine rings is 1. The van der Waals surface area contributed by atoms with Crippen LogP contribution < -0.4 is 11.3 Å². The molecule has 0 aliphatic heterocycles. The highest BCUT2D eigenvalue weighted by atomic mass is 32.2. The molecule has 0 aromatic carbocycles. The highest BCUT2D eigenvalue weighted by molar-refractivity contribution is 7.98. The first-order valence-electron chi connectivity index (χ1n) is 7.10. The quantitative estimate of drug-likeness (QED) is 0.223. The second-order valence-corrected chi connectivity index (χ2v) is 6.07. The van der Waals surface area contributed by atoms with Crippen molar-refractivity contribution in [2.75, 3.05) is 6.26 Å². The van der Waals surface area contributed by atoms with Crippen LogP contribution in [0.25, 0.3) is 11.0 Å². The minimum atomic E-state index is -0.263. The summed E-state index contributed by atoms with van der Waals surface area (Å²) >= 11 is 1.43. The van der Waals surface area contributed by atoms with Gasteiger partial charge in [-0.25, -0.2) is 9.97 Å². The van der Waals surface area contributed by atoms with Crippen LogP contribution in [-0.4, -0.2) is 31.8 Å². The molecule has 0 saturated heterocycles. The average Bonchev–Trinajstić information content (AvgIpc) is 3.07. The monoisotopic (exact) mass is 319 g/mol. The van der Waals surface area contributed by atoms with E-state index in [1.165, 1.54) is 11.8 Å². The molecule has 1 aliphatic carbocycles. The predicted molar refractivity (Wildman–Crippen MR) is 85.6 cm³/mol. The van der Waals surface area contributed by atoms with Crippen LogP contribution in [0.3, 0.4) is 0 Å². The lowest BCUT2D eigenvalue weighted by Crippen LogP contribution is -2.32. The summed E-state index contributed by atoms with van der Waals surface area (Å²) in [5, 5.41) is 13.2. The molecule has 2 aromatic rings. The van der Waals surface area contributed by atoms with Crippen molar-refractivity contribution in [3.05, 3.63) is 28.2 Å². The van der Waals surface area contributed by atoms with Crippen LogP contribution in [0.15, 0.2) is 27.4 Å². The van der Waals surface area contributed by atoms with Gasteiger partial charge in [0.1, 0.15) is 5.65 Å². The molecular weight excluding hydrogens is 302 g/mol. The average molecular weight is 319 g/mol. The Morgan fingerprint density at radius 2 is 2.23 bits per heavy atom. The highest BCUT2D eigenvalue weighted by Crippen LogP contribution is 2.30. The highest BCUT2D eigenvalue weighted by Gasteiger charge is 2.23. The van der Waals surface area contributed by atoms with Gasteiger partial charge in [-0.2, -0.15) is 0 Å². The third kappa shape index (κ3) is 2.43. The summed E-state index contributed by atoms with van der Waals surface area (Å²) in [7, 11) is 0. The molecule has 0 radical (unpaired) electrons. The maximum atomic E-state index is 12.8. The lowest BCUT2D eigenvalue weighted by atomic mass is 10.1.